The Hall–Kier alpha value is -3.98. The number of nitrogens with zero attached hydrogens (tertiary/aromatic N) is 2. The fourth-order valence-electron chi connectivity index (χ4n) is 4.10. The minimum absolute atomic E-state index is 0.465. The molecule has 4 N–H and O–H groups in total. The van der Waals surface area contributed by atoms with Crippen LogP contribution in [0.25, 0.3) is 0 Å². The summed E-state index contributed by atoms with van der Waals surface area (Å²) in [7, 11) is 6.53. The highest BCUT2D eigenvalue weighted by Crippen LogP contribution is 2.32. The number of hydrogen-bond donors (Lipinski definition) is 3. The lowest BCUT2D eigenvalue weighted by Crippen LogP contribution is -2.59. The SMILES string of the molecule is COc1cc(CCN=C2Nc3ncccc3C(N)(Cc3cc(OC)cc(OC)c3)N2)cc(OC)c1. The number of methoxy groups -OCH3 is 4. The first-order chi connectivity index (χ1) is 17.0. The summed E-state index contributed by atoms with van der Waals surface area (Å²) in [5.74, 6) is 4.12. The maximum atomic E-state index is 6.95. The van der Waals surface area contributed by atoms with Gasteiger partial charge in [-0.1, -0.05) is 6.07 Å². The number of rotatable bonds is 9. The first-order valence-electron chi connectivity index (χ1n) is 11.2. The van der Waals surface area contributed by atoms with Gasteiger partial charge in [-0.3, -0.25) is 4.99 Å². The molecule has 0 radical (unpaired) electrons. The second kappa shape index (κ2) is 10.5. The van der Waals surface area contributed by atoms with Crippen molar-refractivity contribution < 1.29 is 18.9 Å². The molecule has 9 nitrogen and oxygen atoms in total. The van der Waals surface area contributed by atoms with Crippen molar-refractivity contribution in [3.05, 3.63) is 71.4 Å². The summed E-state index contributed by atoms with van der Waals surface area (Å²) in [5, 5.41) is 6.65. The number of aliphatic imine (C=N–C) groups is 1. The highest BCUT2D eigenvalue weighted by Gasteiger charge is 2.36. The van der Waals surface area contributed by atoms with Crippen LogP contribution in [0.3, 0.4) is 0 Å². The van der Waals surface area contributed by atoms with E-state index < -0.39 is 5.66 Å². The lowest BCUT2D eigenvalue weighted by Gasteiger charge is -2.38. The molecule has 0 saturated carbocycles. The van der Waals surface area contributed by atoms with E-state index in [-0.39, 0.29) is 0 Å². The quantitative estimate of drug-likeness (QED) is 0.431. The van der Waals surface area contributed by atoms with Gasteiger partial charge in [0.2, 0.25) is 0 Å². The molecule has 184 valence electrons. The van der Waals surface area contributed by atoms with Crippen molar-refractivity contribution in [2.75, 3.05) is 40.3 Å². The summed E-state index contributed by atoms with van der Waals surface area (Å²) in [4.78, 5) is 9.23. The standard InChI is InChI=1S/C26H31N5O4/c1-32-19-10-17(11-20(14-19)33-2)7-9-29-25-30-24-23(6-5-8-28-24)26(27,31-25)16-18-12-21(34-3)15-22(13-18)35-4/h5-6,8,10-15H,7,9,16,27H2,1-4H3,(H2,28,29,30,31). The zero-order valence-electron chi connectivity index (χ0n) is 20.4. The minimum Gasteiger partial charge on any atom is -0.497 e. The number of hydrogen-bond acceptors (Lipinski definition) is 7. The number of nitrogens with two attached hydrogens (primary N) is 1. The normalized spacial score (nSPS) is 17.7. The zero-order valence-corrected chi connectivity index (χ0v) is 20.4. The molecule has 0 fully saturated rings. The van der Waals surface area contributed by atoms with Gasteiger partial charge in [0.1, 0.15) is 34.5 Å². The Morgan fingerprint density at radius 2 is 1.43 bits per heavy atom. The van der Waals surface area contributed by atoms with E-state index >= 15 is 0 Å². The van der Waals surface area contributed by atoms with Crippen LogP contribution in [-0.2, 0) is 18.5 Å². The van der Waals surface area contributed by atoms with Crippen LogP contribution in [0.2, 0.25) is 0 Å². The van der Waals surface area contributed by atoms with Crippen LogP contribution in [0.5, 0.6) is 23.0 Å². The van der Waals surface area contributed by atoms with Crippen LogP contribution >= 0.6 is 0 Å². The van der Waals surface area contributed by atoms with Crippen molar-refractivity contribution in [2.24, 2.45) is 10.7 Å². The largest absolute Gasteiger partial charge is 0.497 e. The van der Waals surface area contributed by atoms with Crippen LogP contribution < -0.4 is 35.3 Å². The Kier molecular flexibility index (Phi) is 7.26. The highest BCUT2D eigenvalue weighted by molar-refractivity contribution is 5.96. The van der Waals surface area contributed by atoms with Gasteiger partial charge in [-0.05, 0) is 47.9 Å². The van der Waals surface area contributed by atoms with Crippen molar-refractivity contribution in [3.63, 3.8) is 0 Å². The summed E-state index contributed by atoms with van der Waals surface area (Å²) in [5.41, 5.74) is 8.87. The van der Waals surface area contributed by atoms with Gasteiger partial charge in [0, 0.05) is 36.9 Å². The number of nitrogens with one attached hydrogen (secondary N) is 2. The van der Waals surface area contributed by atoms with Crippen LogP contribution in [0, 0.1) is 0 Å². The molecule has 4 rings (SSSR count). The number of guanidine groups is 1. The summed E-state index contributed by atoms with van der Waals surface area (Å²) >= 11 is 0. The molecular weight excluding hydrogens is 446 g/mol. The lowest BCUT2D eigenvalue weighted by molar-refractivity contribution is 0.383. The molecule has 0 saturated heterocycles. The van der Waals surface area contributed by atoms with Gasteiger partial charge in [0.25, 0.3) is 0 Å². The van der Waals surface area contributed by atoms with E-state index in [2.05, 4.69) is 15.6 Å². The van der Waals surface area contributed by atoms with Crippen LogP contribution in [0.4, 0.5) is 5.82 Å². The van der Waals surface area contributed by atoms with Gasteiger partial charge < -0.3 is 35.3 Å². The van der Waals surface area contributed by atoms with E-state index in [9.17, 15) is 0 Å². The number of ether oxygens (including phenoxy) is 4. The lowest BCUT2D eigenvalue weighted by atomic mass is 9.91. The van der Waals surface area contributed by atoms with Gasteiger partial charge in [0.15, 0.2) is 5.96 Å². The molecule has 1 unspecified atom stereocenters. The van der Waals surface area contributed by atoms with Crippen molar-refractivity contribution in [1.29, 1.82) is 0 Å². The van der Waals surface area contributed by atoms with E-state index in [4.69, 9.17) is 29.7 Å². The molecule has 1 atom stereocenters. The van der Waals surface area contributed by atoms with E-state index in [0.29, 0.717) is 42.7 Å². The van der Waals surface area contributed by atoms with Crippen LogP contribution in [-0.4, -0.2) is 45.9 Å². The summed E-state index contributed by atoms with van der Waals surface area (Å²) < 4.78 is 21.6. The van der Waals surface area contributed by atoms with Gasteiger partial charge >= 0.3 is 0 Å². The number of pyridine rings is 1. The zero-order chi connectivity index (χ0) is 24.8. The van der Waals surface area contributed by atoms with E-state index in [1.165, 1.54) is 0 Å². The molecule has 2 heterocycles. The van der Waals surface area contributed by atoms with E-state index in [0.717, 1.165) is 28.2 Å². The summed E-state index contributed by atoms with van der Waals surface area (Å²) in [6, 6.07) is 15.4. The molecule has 0 aliphatic carbocycles. The molecule has 9 heteroatoms. The van der Waals surface area contributed by atoms with Gasteiger partial charge in [-0.15, -0.1) is 0 Å². The average Bonchev–Trinajstić information content (AvgIpc) is 2.88. The summed E-state index contributed by atoms with van der Waals surface area (Å²) in [6.45, 7) is 0.525. The molecule has 35 heavy (non-hydrogen) atoms. The molecular formula is C26H31N5O4. The first-order valence-corrected chi connectivity index (χ1v) is 11.2. The Morgan fingerprint density at radius 1 is 0.857 bits per heavy atom. The summed E-state index contributed by atoms with van der Waals surface area (Å²) in [6.07, 6.45) is 2.89. The third kappa shape index (κ3) is 5.58. The van der Waals surface area contributed by atoms with Gasteiger partial charge in [0.05, 0.1) is 28.4 Å². The first kappa shape index (κ1) is 24.2. The van der Waals surface area contributed by atoms with Crippen molar-refractivity contribution in [1.82, 2.24) is 10.3 Å². The van der Waals surface area contributed by atoms with Gasteiger partial charge in [-0.25, -0.2) is 4.98 Å². The Balaban J connectivity index is 1.57. The maximum Gasteiger partial charge on any atom is 0.198 e. The number of anilines is 1. The van der Waals surface area contributed by atoms with E-state index in [1.807, 2.05) is 48.5 Å². The smallest absolute Gasteiger partial charge is 0.198 e. The van der Waals surface area contributed by atoms with Crippen LogP contribution in [0.1, 0.15) is 16.7 Å². The maximum absolute atomic E-state index is 6.95. The predicted molar refractivity (Wildman–Crippen MR) is 136 cm³/mol. The van der Waals surface area contributed by atoms with Crippen molar-refractivity contribution in [3.8, 4) is 23.0 Å². The predicted octanol–water partition coefficient (Wildman–Crippen LogP) is 3.08. The van der Waals surface area contributed by atoms with Gasteiger partial charge in [-0.2, -0.15) is 0 Å². The third-order valence-corrected chi connectivity index (χ3v) is 5.84. The number of benzene rings is 2. The minimum atomic E-state index is -0.940. The topological polar surface area (TPSA) is 112 Å². The molecule has 1 aliphatic heterocycles. The Labute approximate surface area is 205 Å². The number of fused-ring (bicyclic) bond motifs is 1. The second-order valence-corrected chi connectivity index (χ2v) is 8.22. The van der Waals surface area contributed by atoms with Crippen molar-refractivity contribution >= 4 is 11.8 Å². The number of aromatic nitrogens is 1. The molecule has 0 spiro atoms. The molecule has 1 aliphatic rings. The Morgan fingerprint density at radius 3 is 2.00 bits per heavy atom. The highest BCUT2D eigenvalue weighted by atomic mass is 16.5. The molecule has 0 amide bonds. The average molecular weight is 478 g/mol. The monoisotopic (exact) mass is 477 g/mol. The molecule has 0 bridgehead atoms. The fraction of sp³-hybridized carbons (Fsp3) is 0.308. The fourth-order valence-corrected chi connectivity index (χ4v) is 4.10. The molecule has 3 aromatic rings. The van der Waals surface area contributed by atoms with Crippen LogP contribution in [0.15, 0.2) is 59.7 Å². The Bertz CT molecular complexity index is 1170. The molecule has 2 aromatic carbocycles. The third-order valence-electron chi connectivity index (χ3n) is 5.84. The van der Waals surface area contributed by atoms with Crippen molar-refractivity contribution in [2.45, 2.75) is 18.5 Å². The van der Waals surface area contributed by atoms with E-state index in [1.54, 1.807) is 34.6 Å². The molecule has 1 aromatic heterocycles. The second-order valence-electron chi connectivity index (χ2n) is 8.22.